The van der Waals surface area contributed by atoms with E-state index in [-0.39, 0.29) is 21.2 Å². The lowest BCUT2D eigenvalue weighted by atomic mass is 10.0. The van der Waals surface area contributed by atoms with Crippen LogP contribution >= 0.6 is 22.6 Å². The van der Waals surface area contributed by atoms with E-state index in [1.807, 2.05) is 0 Å². The minimum absolute atomic E-state index is 0.103. The van der Waals surface area contributed by atoms with Gasteiger partial charge in [0.05, 0.1) is 5.56 Å². The van der Waals surface area contributed by atoms with Crippen LogP contribution in [0.2, 0.25) is 0 Å². The van der Waals surface area contributed by atoms with Crippen molar-refractivity contribution in [1.82, 2.24) is 0 Å². The second kappa shape index (κ2) is 4.52. The number of rotatable bonds is 2. The highest BCUT2D eigenvalue weighted by Crippen LogP contribution is 2.33. The monoisotopic (exact) mass is 342 g/mol. The topological polar surface area (TPSA) is 34.1 Å². The Morgan fingerprint density at radius 2 is 1.94 bits per heavy atom. The summed E-state index contributed by atoms with van der Waals surface area (Å²) in [6.07, 6.45) is -4.49. The average molecular weight is 342 g/mol. The maximum absolute atomic E-state index is 12.5. The van der Waals surface area contributed by atoms with E-state index in [0.29, 0.717) is 0 Å². The Bertz CT molecular complexity index is 452. The predicted molar refractivity (Wildman–Crippen MR) is 59.6 cm³/mol. The largest absolute Gasteiger partial charge is 0.417 e. The zero-order chi connectivity index (χ0) is 12.5. The van der Waals surface area contributed by atoms with Gasteiger partial charge in [0.15, 0.2) is 12.1 Å². The van der Waals surface area contributed by atoms with E-state index in [1.165, 1.54) is 6.92 Å². The van der Waals surface area contributed by atoms with Crippen LogP contribution in [0.4, 0.5) is 13.2 Å². The number of aldehydes is 1. The lowest BCUT2D eigenvalue weighted by Crippen LogP contribution is -2.11. The first-order chi connectivity index (χ1) is 7.27. The summed E-state index contributed by atoms with van der Waals surface area (Å²) in [5.74, 6) is -0.374. The molecule has 0 fully saturated rings. The first kappa shape index (κ1) is 13.1. The van der Waals surface area contributed by atoms with Crippen LogP contribution in [0.1, 0.15) is 33.2 Å². The number of halogens is 4. The van der Waals surface area contributed by atoms with Crippen LogP contribution in [0.25, 0.3) is 0 Å². The van der Waals surface area contributed by atoms with E-state index in [2.05, 4.69) is 0 Å². The second-order valence-electron chi connectivity index (χ2n) is 3.09. The Hall–Kier alpha value is -0.920. The molecular formula is C10H6F3IO2. The molecule has 16 heavy (non-hydrogen) atoms. The Labute approximate surface area is 103 Å². The molecule has 0 N–H and O–H groups in total. The van der Waals surface area contributed by atoms with Gasteiger partial charge in [-0.1, -0.05) is 0 Å². The lowest BCUT2D eigenvalue weighted by Gasteiger charge is -2.11. The second-order valence-corrected chi connectivity index (χ2v) is 4.25. The number of Topliss-reactive ketones (excluding diaryl/α,β-unsaturated/α-hetero) is 1. The minimum Gasteiger partial charge on any atom is -0.298 e. The Morgan fingerprint density at radius 1 is 1.38 bits per heavy atom. The molecule has 0 atom stereocenters. The molecule has 1 aromatic carbocycles. The van der Waals surface area contributed by atoms with E-state index in [0.717, 1.165) is 12.1 Å². The van der Waals surface area contributed by atoms with Gasteiger partial charge in [-0.15, -0.1) is 0 Å². The van der Waals surface area contributed by atoms with Crippen LogP contribution < -0.4 is 0 Å². The molecule has 0 aromatic heterocycles. The number of carbonyl (C=O) groups excluding carboxylic acids is 2. The molecule has 0 amide bonds. The van der Waals surface area contributed by atoms with Crippen molar-refractivity contribution in [2.24, 2.45) is 0 Å². The smallest absolute Gasteiger partial charge is 0.298 e. The lowest BCUT2D eigenvalue weighted by molar-refractivity contribution is -0.137. The van der Waals surface area contributed by atoms with Crippen molar-refractivity contribution in [3.05, 3.63) is 32.4 Å². The summed E-state index contributed by atoms with van der Waals surface area (Å²) in [6, 6.07) is 1.78. The van der Waals surface area contributed by atoms with Crippen LogP contribution in [0, 0.1) is 3.57 Å². The van der Waals surface area contributed by atoms with Gasteiger partial charge < -0.3 is 0 Å². The molecule has 0 radical (unpaired) electrons. The zero-order valence-corrected chi connectivity index (χ0v) is 10.2. The number of hydrogen-bond donors (Lipinski definition) is 0. The molecule has 0 unspecified atom stereocenters. The summed E-state index contributed by atoms with van der Waals surface area (Å²) in [6.45, 7) is 1.24. The fourth-order valence-corrected chi connectivity index (χ4v) is 2.05. The number of benzene rings is 1. The molecule has 0 heterocycles. The van der Waals surface area contributed by atoms with Crippen LogP contribution in [-0.2, 0) is 6.18 Å². The highest BCUT2D eigenvalue weighted by Gasteiger charge is 2.34. The van der Waals surface area contributed by atoms with Gasteiger partial charge in [0.1, 0.15) is 0 Å². The standard InChI is InChI=1S/C10H6F3IO2/c1-5(16)7-2-6(4-15)8(3-9(7)14)10(11,12)13/h2-4H,1H3. The average Bonchev–Trinajstić information content (AvgIpc) is 2.15. The van der Waals surface area contributed by atoms with Crippen molar-refractivity contribution in [2.45, 2.75) is 13.1 Å². The van der Waals surface area contributed by atoms with Crippen LogP contribution in [0.3, 0.4) is 0 Å². The molecule has 86 valence electrons. The van der Waals surface area contributed by atoms with Crippen LogP contribution in [0.5, 0.6) is 0 Å². The van der Waals surface area contributed by atoms with Gasteiger partial charge >= 0.3 is 6.18 Å². The number of alkyl halides is 3. The summed E-state index contributed by atoms with van der Waals surface area (Å²) in [7, 11) is 0. The van der Waals surface area contributed by atoms with Crippen molar-refractivity contribution in [3.63, 3.8) is 0 Å². The summed E-state index contributed by atoms with van der Waals surface area (Å²) in [4.78, 5) is 21.6. The fraction of sp³-hybridized carbons (Fsp3) is 0.200. The molecular weight excluding hydrogens is 336 g/mol. The third kappa shape index (κ3) is 2.60. The quantitative estimate of drug-likeness (QED) is 0.469. The van der Waals surface area contributed by atoms with E-state index >= 15 is 0 Å². The van der Waals surface area contributed by atoms with Crippen molar-refractivity contribution in [1.29, 1.82) is 0 Å². The third-order valence-corrected chi connectivity index (χ3v) is 2.84. The number of hydrogen-bond acceptors (Lipinski definition) is 2. The van der Waals surface area contributed by atoms with Gasteiger partial charge in [-0.2, -0.15) is 13.2 Å². The molecule has 0 bridgehead atoms. The third-order valence-electron chi connectivity index (χ3n) is 1.95. The van der Waals surface area contributed by atoms with Crippen molar-refractivity contribution in [3.8, 4) is 0 Å². The number of ketones is 1. The highest BCUT2D eigenvalue weighted by atomic mass is 127. The molecule has 0 saturated carbocycles. The van der Waals surface area contributed by atoms with E-state index in [9.17, 15) is 22.8 Å². The molecule has 1 aromatic rings. The molecule has 1 rings (SSSR count). The highest BCUT2D eigenvalue weighted by molar-refractivity contribution is 14.1. The number of carbonyl (C=O) groups is 2. The first-order valence-electron chi connectivity index (χ1n) is 4.14. The summed E-state index contributed by atoms with van der Waals surface area (Å²) in [5, 5.41) is 0. The Balaban J connectivity index is 3.50. The van der Waals surface area contributed by atoms with Crippen molar-refractivity contribution < 1.29 is 22.8 Å². The normalized spacial score (nSPS) is 11.3. The van der Waals surface area contributed by atoms with Gasteiger partial charge in [-0.05, 0) is 41.6 Å². The van der Waals surface area contributed by atoms with E-state index in [4.69, 9.17) is 0 Å². The van der Waals surface area contributed by atoms with Gasteiger partial charge in [0, 0.05) is 14.7 Å². The molecule has 0 spiro atoms. The molecule has 2 nitrogen and oxygen atoms in total. The van der Waals surface area contributed by atoms with Gasteiger partial charge in [0.25, 0.3) is 0 Å². The van der Waals surface area contributed by atoms with E-state index < -0.39 is 17.3 Å². The zero-order valence-electron chi connectivity index (χ0n) is 8.06. The molecule has 0 saturated heterocycles. The summed E-state index contributed by atoms with van der Waals surface area (Å²) in [5.41, 5.74) is -1.41. The molecule has 0 aliphatic rings. The maximum atomic E-state index is 12.5. The van der Waals surface area contributed by atoms with Crippen molar-refractivity contribution in [2.75, 3.05) is 0 Å². The fourth-order valence-electron chi connectivity index (χ4n) is 1.20. The first-order valence-corrected chi connectivity index (χ1v) is 5.22. The Morgan fingerprint density at radius 3 is 2.31 bits per heavy atom. The minimum atomic E-state index is -4.59. The molecule has 0 aliphatic carbocycles. The molecule has 6 heteroatoms. The van der Waals surface area contributed by atoms with Crippen molar-refractivity contribution >= 4 is 34.7 Å². The van der Waals surface area contributed by atoms with Gasteiger partial charge in [0.2, 0.25) is 0 Å². The maximum Gasteiger partial charge on any atom is 0.417 e. The van der Waals surface area contributed by atoms with Crippen LogP contribution in [0.15, 0.2) is 12.1 Å². The van der Waals surface area contributed by atoms with Crippen LogP contribution in [-0.4, -0.2) is 12.1 Å². The molecule has 0 aliphatic heterocycles. The SMILES string of the molecule is CC(=O)c1cc(C=O)c(C(F)(F)F)cc1I. The van der Waals surface area contributed by atoms with Gasteiger partial charge in [-0.25, -0.2) is 0 Å². The summed E-state index contributed by atoms with van der Waals surface area (Å²) >= 11 is 1.64. The van der Waals surface area contributed by atoms with Gasteiger partial charge in [-0.3, -0.25) is 9.59 Å². The Kier molecular flexibility index (Phi) is 3.72. The summed E-state index contributed by atoms with van der Waals surface area (Å²) < 4.78 is 37.7. The predicted octanol–water partition coefficient (Wildman–Crippen LogP) is 3.33. The van der Waals surface area contributed by atoms with E-state index in [1.54, 1.807) is 22.6 Å².